The van der Waals surface area contributed by atoms with Crippen molar-refractivity contribution >= 4 is 11.9 Å². The van der Waals surface area contributed by atoms with Crippen molar-refractivity contribution in [2.24, 2.45) is 5.73 Å². The van der Waals surface area contributed by atoms with Crippen molar-refractivity contribution in [1.82, 2.24) is 9.97 Å². The molecular formula is C8H13N3O4. The fourth-order valence-electron chi connectivity index (χ4n) is 0.664. The Balaban J connectivity index is 0.000000265. The van der Waals surface area contributed by atoms with Gasteiger partial charge in [0.1, 0.15) is 0 Å². The quantitative estimate of drug-likeness (QED) is 0.437. The molecule has 7 heteroatoms. The van der Waals surface area contributed by atoms with E-state index < -0.39 is 11.9 Å². The molecule has 0 unspecified atom stereocenters. The maximum absolute atomic E-state index is 9.69. The molecule has 0 bridgehead atoms. The minimum absolute atomic E-state index is 0.683. The second kappa shape index (κ2) is 7.51. The fourth-order valence-corrected chi connectivity index (χ4v) is 0.664. The zero-order valence-electron chi connectivity index (χ0n) is 8.27. The van der Waals surface area contributed by atoms with Crippen molar-refractivity contribution in [1.29, 1.82) is 0 Å². The Kier molecular flexibility index (Phi) is 6.56. The molecule has 0 atom stereocenters. The predicted octanol–water partition coefficient (Wildman–Crippen LogP) is -0.845. The number of carboxylic acids is 1. The van der Waals surface area contributed by atoms with Crippen LogP contribution in [0.15, 0.2) is 12.5 Å². The van der Waals surface area contributed by atoms with Gasteiger partial charge in [0.25, 0.3) is 0 Å². The molecule has 0 aromatic carbocycles. The molecule has 0 aliphatic carbocycles. The maximum atomic E-state index is 9.69. The molecule has 0 saturated carbocycles. The first-order valence-electron chi connectivity index (χ1n) is 4.10. The number of aromatic nitrogens is 2. The van der Waals surface area contributed by atoms with Gasteiger partial charge in [0, 0.05) is 18.3 Å². The highest BCUT2D eigenvalue weighted by Gasteiger charge is 2.08. The Labute approximate surface area is 86.3 Å². The molecule has 0 aliphatic rings. The Morgan fingerprint density at radius 3 is 2.60 bits per heavy atom. The Bertz CT molecular complexity index is 297. The third kappa shape index (κ3) is 6.22. The van der Waals surface area contributed by atoms with Crippen LogP contribution in [0.3, 0.4) is 0 Å². The summed E-state index contributed by atoms with van der Waals surface area (Å²) < 4.78 is 3.77. The molecule has 0 radical (unpaired) electrons. The number of aliphatic carboxylic acids is 1. The lowest BCUT2D eigenvalue weighted by Crippen LogP contribution is -2.13. The summed E-state index contributed by atoms with van der Waals surface area (Å²) in [7, 11) is 1.01. The van der Waals surface area contributed by atoms with Crippen LogP contribution in [0.1, 0.15) is 5.69 Å². The zero-order valence-corrected chi connectivity index (χ0v) is 8.27. The van der Waals surface area contributed by atoms with E-state index in [-0.39, 0.29) is 0 Å². The number of nitrogens with one attached hydrogen (secondary N) is 1. The van der Waals surface area contributed by atoms with E-state index in [2.05, 4.69) is 14.7 Å². The lowest BCUT2D eigenvalue weighted by molar-refractivity contribution is -0.161. The van der Waals surface area contributed by atoms with Gasteiger partial charge in [-0.15, -0.1) is 0 Å². The molecule has 1 rings (SSSR count). The second-order valence-corrected chi connectivity index (χ2v) is 2.41. The van der Waals surface area contributed by atoms with Crippen LogP contribution in [-0.2, 0) is 20.7 Å². The summed E-state index contributed by atoms with van der Waals surface area (Å²) in [6, 6.07) is 0. The standard InChI is InChI=1S/C5H9N3.C3H4O4/c6-2-1-5-3-7-4-8-5;1-7-3(6)2(4)5/h3-4H,1-2,6H2,(H,7,8);1H3,(H,4,5). The molecule has 15 heavy (non-hydrogen) atoms. The number of esters is 1. The minimum Gasteiger partial charge on any atom is -0.473 e. The van der Waals surface area contributed by atoms with Crippen LogP contribution >= 0.6 is 0 Å². The maximum Gasteiger partial charge on any atom is 0.417 e. The van der Waals surface area contributed by atoms with Gasteiger partial charge >= 0.3 is 11.9 Å². The zero-order chi connectivity index (χ0) is 11.7. The second-order valence-electron chi connectivity index (χ2n) is 2.41. The summed E-state index contributed by atoms with van der Waals surface area (Å²) in [6.45, 7) is 0.683. The molecule has 7 nitrogen and oxygen atoms in total. The molecule has 0 spiro atoms. The van der Waals surface area contributed by atoms with E-state index in [1.54, 1.807) is 12.5 Å². The third-order valence-electron chi connectivity index (χ3n) is 1.33. The van der Waals surface area contributed by atoms with Gasteiger partial charge in [0.15, 0.2) is 0 Å². The van der Waals surface area contributed by atoms with Crippen molar-refractivity contribution < 1.29 is 19.4 Å². The van der Waals surface area contributed by atoms with Crippen LogP contribution in [-0.4, -0.2) is 40.7 Å². The number of hydrogen-bond acceptors (Lipinski definition) is 5. The van der Waals surface area contributed by atoms with Gasteiger partial charge in [-0.05, 0) is 6.54 Å². The largest absolute Gasteiger partial charge is 0.473 e. The minimum atomic E-state index is -1.57. The van der Waals surface area contributed by atoms with Crippen LogP contribution in [0.2, 0.25) is 0 Å². The molecule has 1 aromatic rings. The first-order chi connectivity index (χ1) is 7.11. The number of imidazole rings is 1. The normalized spacial score (nSPS) is 8.67. The number of aromatic amines is 1. The average Bonchev–Trinajstić information content (AvgIpc) is 2.71. The van der Waals surface area contributed by atoms with E-state index in [9.17, 15) is 9.59 Å². The number of carbonyl (C=O) groups excluding carboxylic acids is 1. The number of carbonyl (C=O) groups is 2. The van der Waals surface area contributed by atoms with Crippen molar-refractivity contribution in [2.75, 3.05) is 13.7 Å². The molecule has 4 N–H and O–H groups in total. The van der Waals surface area contributed by atoms with E-state index in [1.807, 2.05) is 0 Å². The van der Waals surface area contributed by atoms with Crippen molar-refractivity contribution in [3.05, 3.63) is 18.2 Å². The lowest BCUT2D eigenvalue weighted by atomic mass is 10.3. The van der Waals surface area contributed by atoms with Crippen LogP contribution in [0.4, 0.5) is 0 Å². The van der Waals surface area contributed by atoms with Crippen molar-refractivity contribution in [3.63, 3.8) is 0 Å². The Morgan fingerprint density at radius 2 is 2.33 bits per heavy atom. The SMILES string of the molecule is COC(=O)C(=O)O.NCCc1cnc[nH]1. The number of H-pyrrole nitrogens is 1. The van der Waals surface area contributed by atoms with Gasteiger partial charge in [0.2, 0.25) is 0 Å². The highest BCUT2D eigenvalue weighted by atomic mass is 16.5. The van der Waals surface area contributed by atoms with Gasteiger partial charge < -0.3 is 20.6 Å². The first kappa shape index (κ1) is 13.1. The molecule has 1 heterocycles. The van der Waals surface area contributed by atoms with Gasteiger partial charge in [-0.25, -0.2) is 14.6 Å². The summed E-state index contributed by atoms with van der Waals surface area (Å²) in [6.07, 6.45) is 4.33. The van der Waals surface area contributed by atoms with Gasteiger partial charge in [0.05, 0.1) is 13.4 Å². The molecule has 84 valence electrons. The van der Waals surface area contributed by atoms with Gasteiger partial charge in [-0.1, -0.05) is 0 Å². The van der Waals surface area contributed by atoms with Crippen LogP contribution in [0.25, 0.3) is 0 Å². The number of nitrogens with two attached hydrogens (primary N) is 1. The topological polar surface area (TPSA) is 118 Å². The molecule has 0 aliphatic heterocycles. The van der Waals surface area contributed by atoms with E-state index in [0.29, 0.717) is 6.54 Å². The molecule has 0 fully saturated rings. The third-order valence-corrected chi connectivity index (χ3v) is 1.33. The van der Waals surface area contributed by atoms with E-state index >= 15 is 0 Å². The highest BCUT2D eigenvalue weighted by molar-refractivity contribution is 6.28. The number of carboxylic acid groups (broad SMARTS) is 1. The van der Waals surface area contributed by atoms with E-state index in [4.69, 9.17) is 10.8 Å². The molecule has 1 aromatic heterocycles. The Hall–Kier alpha value is -1.89. The number of methoxy groups -OCH3 is 1. The summed E-state index contributed by atoms with van der Waals surface area (Å²) in [5, 5.41) is 7.71. The van der Waals surface area contributed by atoms with E-state index in [1.165, 1.54) is 0 Å². The first-order valence-corrected chi connectivity index (χ1v) is 4.10. The monoisotopic (exact) mass is 215 g/mol. The van der Waals surface area contributed by atoms with Gasteiger partial charge in [-0.2, -0.15) is 0 Å². The molecule has 0 saturated heterocycles. The number of ether oxygens (including phenoxy) is 1. The number of nitrogens with zero attached hydrogens (tertiary/aromatic N) is 1. The van der Waals surface area contributed by atoms with Crippen molar-refractivity contribution in [3.8, 4) is 0 Å². The smallest absolute Gasteiger partial charge is 0.417 e. The Morgan fingerprint density at radius 1 is 1.67 bits per heavy atom. The van der Waals surface area contributed by atoms with Crippen LogP contribution in [0.5, 0.6) is 0 Å². The molecule has 0 amide bonds. The highest BCUT2D eigenvalue weighted by Crippen LogP contribution is 1.88. The van der Waals surface area contributed by atoms with Crippen LogP contribution in [0, 0.1) is 0 Å². The number of hydrogen-bond donors (Lipinski definition) is 3. The summed E-state index contributed by atoms with van der Waals surface area (Å²) in [4.78, 5) is 25.9. The molecular weight excluding hydrogens is 202 g/mol. The van der Waals surface area contributed by atoms with E-state index in [0.717, 1.165) is 19.2 Å². The van der Waals surface area contributed by atoms with Crippen LogP contribution < -0.4 is 5.73 Å². The summed E-state index contributed by atoms with van der Waals surface area (Å²) >= 11 is 0. The number of rotatable bonds is 2. The summed E-state index contributed by atoms with van der Waals surface area (Å²) in [5.41, 5.74) is 6.38. The fraction of sp³-hybridized carbons (Fsp3) is 0.375. The lowest BCUT2D eigenvalue weighted by Gasteiger charge is -1.86. The summed E-state index contributed by atoms with van der Waals surface area (Å²) in [5.74, 6) is -2.80. The van der Waals surface area contributed by atoms with Crippen molar-refractivity contribution in [2.45, 2.75) is 6.42 Å². The predicted molar refractivity (Wildman–Crippen MR) is 51.0 cm³/mol. The van der Waals surface area contributed by atoms with Gasteiger partial charge in [-0.3, -0.25) is 0 Å². The average molecular weight is 215 g/mol.